The van der Waals surface area contributed by atoms with Crippen LogP contribution in [0.2, 0.25) is 0 Å². The Morgan fingerprint density at radius 3 is 2.26 bits per heavy atom. The van der Waals surface area contributed by atoms with Crippen molar-refractivity contribution in [3.05, 3.63) is 48.2 Å². The number of alkyl halides is 3. The fourth-order valence-electron chi connectivity index (χ4n) is 2.16. The number of pyridine rings is 1. The van der Waals surface area contributed by atoms with Crippen LogP contribution in [0.25, 0.3) is 0 Å². The average molecular weight is 442 g/mol. The van der Waals surface area contributed by atoms with Crippen LogP contribution in [-0.2, 0) is 20.4 Å². The molecule has 31 heavy (non-hydrogen) atoms. The molecule has 0 aliphatic rings. The number of benzene rings is 1. The maximum absolute atomic E-state index is 12.5. The molecule has 0 fully saturated rings. The highest BCUT2D eigenvalue weighted by molar-refractivity contribution is 5.74. The van der Waals surface area contributed by atoms with Gasteiger partial charge in [0.15, 0.2) is 6.10 Å². The van der Waals surface area contributed by atoms with E-state index in [4.69, 9.17) is 18.9 Å². The van der Waals surface area contributed by atoms with Crippen LogP contribution in [0.3, 0.4) is 0 Å². The molecule has 1 N–H and O–H groups in total. The molecule has 0 saturated heterocycles. The first kappa shape index (κ1) is 23.8. The van der Waals surface area contributed by atoms with E-state index in [1.165, 1.54) is 31.2 Å². The zero-order chi connectivity index (χ0) is 22.9. The predicted molar refractivity (Wildman–Crippen MR) is 102 cm³/mol. The first-order valence-electron chi connectivity index (χ1n) is 9.24. The number of carbonyl (C=O) groups excluding carboxylic acids is 2. The highest BCUT2D eigenvalue weighted by atomic mass is 19.4. The smallest absolute Gasteiger partial charge is 0.417 e. The Labute approximate surface area is 176 Å². The minimum atomic E-state index is -4.47. The number of amides is 1. The van der Waals surface area contributed by atoms with Gasteiger partial charge >= 0.3 is 18.2 Å². The highest BCUT2D eigenvalue weighted by Crippen LogP contribution is 2.30. The summed E-state index contributed by atoms with van der Waals surface area (Å²) in [6.07, 6.45) is -5.31. The number of halogens is 3. The molecular weight excluding hydrogens is 421 g/mol. The molecule has 1 amide bonds. The zero-order valence-corrected chi connectivity index (χ0v) is 16.8. The van der Waals surface area contributed by atoms with Gasteiger partial charge in [0.25, 0.3) is 0 Å². The van der Waals surface area contributed by atoms with Gasteiger partial charge in [0.1, 0.15) is 24.7 Å². The summed E-state index contributed by atoms with van der Waals surface area (Å²) >= 11 is 0. The summed E-state index contributed by atoms with van der Waals surface area (Å²) in [6.45, 7) is 3.45. The third-order valence-corrected chi connectivity index (χ3v) is 3.64. The van der Waals surface area contributed by atoms with Gasteiger partial charge in [-0.3, -0.25) is 0 Å². The van der Waals surface area contributed by atoms with Gasteiger partial charge in [-0.2, -0.15) is 13.2 Å². The van der Waals surface area contributed by atoms with Crippen molar-refractivity contribution in [2.75, 3.05) is 19.8 Å². The lowest BCUT2D eigenvalue weighted by Crippen LogP contribution is -2.29. The Morgan fingerprint density at radius 1 is 1.03 bits per heavy atom. The monoisotopic (exact) mass is 442 g/mol. The van der Waals surface area contributed by atoms with E-state index >= 15 is 0 Å². The molecule has 1 aromatic carbocycles. The maximum Gasteiger partial charge on any atom is 0.417 e. The number of nitrogens with zero attached hydrogens (tertiary/aromatic N) is 1. The minimum absolute atomic E-state index is 0.00606. The molecule has 0 saturated carbocycles. The fraction of sp³-hybridized carbons (Fsp3) is 0.350. The lowest BCUT2D eigenvalue weighted by atomic mass is 10.3. The molecule has 0 spiro atoms. The second-order valence-electron chi connectivity index (χ2n) is 6.05. The van der Waals surface area contributed by atoms with Crippen molar-refractivity contribution in [1.29, 1.82) is 0 Å². The molecular formula is C20H21F3N2O6. The number of hydrogen-bond donors (Lipinski definition) is 1. The summed E-state index contributed by atoms with van der Waals surface area (Å²) in [4.78, 5) is 26.6. The summed E-state index contributed by atoms with van der Waals surface area (Å²) in [5, 5.41) is 2.43. The molecule has 168 valence electrons. The second-order valence-corrected chi connectivity index (χ2v) is 6.05. The third kappa shape index (κ3) is 8.03. The van der Waals surface area contributed by atoms with E-state index in [9.17, 15) is 22.8 Å². The zero-order valence-electron chi connectivity index (χ0n) is 16.8. The van der Waals surface area contributed by atoms with E-state index in [1.807, 2.05) is 0 Å². The number of alkyl carbamates (subject to hydrolysis) is 1. The summed E-state index contributed by atoms with van der Waals surface area (Å²) in [5.41, 5.74) is -0.875. The summed E-state index contributed by atoms with van der Waals surface area (Å²) in [6, 6.07) is 8.03. The number of ether oxygens (including phenoxy) is 4. The van der Waals surface area contributed by atoms with Crippen molar-refractivity contribution >= 4 is 12.1 Å². The molecule has 1 unspecified atom stereocenters. The highest BCUT2D eigenvalue weighted by Gasteiger charge is 2.30. The molecule has 11 heteroatoms. The van der Waals surface area contributed by atoms with Gasteiger partial charge in [0, 0.05) is 18.8 Å². The quantitative estimate of drug-likeness (QED) is 0.464. The van der Waals surface area contributed by atoms with Crippen LogP contribution in [0.1, 0.15) is 19.4 Å². The predicted octanol–water partition coefficient (Wildman–Crippen LogP) is 3.95. The van der Waals surface area contributed by atoms with Crippen LogP contribution in [0, 0.1) is 0 Å². The van der Waals surface area contributed by atoms with E-state index in [-0.39, 0.29) is 19.1 Å². The number of esters is 1. The fourth-order valence-corrected chi connectivity index (χ4v) is 2.16. The van der Waals surface area contributed by atoms with Crippen molar-refractivity contribution in [3.63, 3.8) is 0 Å². The largest absolute Gasteiger partial charge is 0.479 e. The molecule has 8 nitrogen and oxygen atoms in total. The number of rotatable bonds is 9. The minimum Gasteiger partial charge on any atom is -0.479 e. The van der Waals surface area contributed by atoms with Crippen molar-refractivity contribution in [3.8, 4) is 17.4 Å². The Hall–Kier alpha value is -3.50. The SMILES string of the molecule is CCNC(=O)OCCOC(=O)C(C)Oc1ccc(Oc2ccc(C(F)(F)F)cn2)cc1. The third-order valence-electron chi connectivity index (χ3n) is 3.64. The number of hydrogen-bond acceptors (Lipinski definition) is 7. The first-order valence-corrected chi connectivity index (χ1v) is 9.24. The first-order chi connectivity index (χ1) is 14.7. The Morgan fingerprint density at radius 2 is 1.68 bits per heavy atom. The van der Waals surface area contributed by atoms with Crippen LogP contribution in [-0.4, -0.2) is 42.9 Å². The molecule has 1 atom stereocenters. The molecule has 0 bridgehead atoms. The van der Waals surface area contributed by atoms with E-state index in [0.29, 0.717) is 24.2 Å². The van der Waals surface area contributed by atoms with Crippen molar-refractivity contribution < 1.29 is 41.7 Å². The van der Waals surface area contributed by atoms with E-state index in [2.05, 4.69) is 10.3 Å². The standard InChI is InChI=1S/C20H21F3N2O6/c1-3-24-19(27)29-11-10-28-18(26)13(2)30-15-5-7-16(8-6-15)31-17-9-4-14(12-25-17)20(21,22)23/h4-9,12-13H,3,10-11H2,1-2H3,(H,24,27). The molecule has 1 aromatic heterocycles. The average Bonchev–Trinajstić information content (AvgIpc) is 2.72. The second kappa shape index (κ2) is 11.0. The normalized spacial score (nSPS) is 11.9. The Kier molecular flexibility index (Phi) is 8.47. The van der Waals surface area contributed by atoms with E-state index < -0.39 is 29.9 Å². The van der Waals surface area contributed by atoms with Crippen molar-refractivity contribution in [2.24, 2.45) is 0 Å². The van der Waals surface area contributed by atoms with Crippen LogP contribution < -0.4 is 14.8 Å². The summed E-state index contributed by atoms with van der Waals surface area (Å²) in [7, 11) is 0. The van der Waals surface area contributed by atoms with Gasteiger partial charge in [-0.25, -0.2) is 14.6 Å². The van der Waals surface area contributed by atoms with Crippen molar-refractivity contribution in [2.45, 2.75) is 26.1 Å². The summed E-state index contributed by atoms with van der Waals surface area (Å²) < 4.78 is 58.2. The van der Waals surface area contributed by atoms with Gasteiger partial charge in [-0.15, -0.1) is 0 Å². The Balaban J connectivity index is 1.79. The molecule has 2 rings (SSSR count). The molecule has 0 aliphatic heterocycles. The van der Waals surface area contributed by atoms with E-state index in [1.54, 1.807) is 6.92 Å². The van der Waals surface area contributed by atoms with Gasteiger partial charge in [0.05, 0.1) is 5.56 Å². The maximum atomic E-state index is 12.5. The number of aromatic nitrogens is 1. The van der Waals surface area contributed by atoms with Crippen LogP contribution in [0.15, 0.2) is 42.6 Å². The van der Waals surface area contributed by atoms with E-state index in [0.717, 1.165) is 12.1 Å². The Bertz CT molecular complexity index is 857. The van der Waals surface area contributed by atoms with Gasteiger partial charge < -0.3 is 24.3 Å². The van der Waals surface area contributed by atoms with Gasteiger partial charge in [0.2, 0.25) is 5.88 Å². The molecule has 0 aliphatic carbocycles. The lowest BCUT2D eigenvalue weighted by molar-refractivity contribution is -0.152. The topological polar surface area (TPSA) is 96.0 Å². The number of nitrogens with one attached hydrogen (secondary N) is 1. The van der Waals surface area contributed by atoms with Crippen molar-refractivity contribution in [1.82, 2.24) is 10.3 Å². The van der Waals surface area contributed by atoms with Crippen LogP contribution in [0.5, 0.6) is 17.4 Å². The van der Waals surface area contributed by atoms with Gasteiger partial charge in [-0.1, -0.05) is 0 Å². The van der Waals surface area contributed by atoms with Gasteiger partial charge in [-0.05, 0) is 44.2 Å². The van der Waals surface area contributed by atoms with Crippen LogP contribution >= 0.6 is 0 Å². The molecule has 2 aromatic rings. The van der Waals surface area contributed by atoms with Crippen LogP contribution in [0.4, 0.5) is 18.0 Å². The summed E-state index contributed by atoms with van der Waals surface area (Å²) in [5.74, 6) is 0.00956. The molecule has 1 heterocycles. The molecule has 0 radical (unpaired) electrons. The number of carbonyl (C=O) groups is 2. The lowest BCUT2D eigenvalue weighted by Gasteiger charge is -2.14.